The molecule has 2 N–H and O–H groups in total. The van der Waals surface area contributed by atoms with Gasteiger partial charge in [-0.15, -0.1) is 0 Å². The average molecular weight is 214 g/mol. The van der Waals surface area contributed by atoms with E-state index >= 15 is 0 Å². The van der Waals surface area contributed by atoms with Crippen LogP contribution in [0.1, 0.15) is 33.6 Å². The highest BCUT2D eigenvalue weighted by molar-refractivity contribution is 4.84. The van der Waals surface area contributed by atoms with Crippen LogP contribution in [0.2, 0.25) is 0 Å². The first-order valence-corrected chi connectivity index (χ1v) is 6.14. The van der Waals surface area contributed by atoms with Gasteiger partial charge in [0.15, 0.2) is 0 Å². The molecule has 0 amide bonds. The van der Waals surface area contributed by atoms with Crippen LogP contribution < -0.4 is 5.32 Å². The molecule has 0 radical (unpaired) electrons. The molecule has 1 aliphatic rings. The average Bonchev–Trinajstić information content (AvgIpc) is 2.52. The van der Waals surface area contributed by atoms with Crippen LogP contribution in [-0.4, -0.2) is 48.8 Å². The van der Waals surface area contributed by atoms with Crippen LogP contribution in [0.25, 0.3) is 0 Å². The third-order valence-electron chi connectivity index (χ3n) is 3.14. The first-order chi connectivity index (χ1) is 7.07. The van der Waals surface area contributed by atoms with Crippen molar-refractivity contribution < 1.29 is 5.11 Å². The lowest BCUT2D eigenvalue weighted by Crippen LogP contribution is -2.43. The van der Waals surface area contributed by atoms with Gasteiger partial charge < -0.3 is 15.3 Å². The molecule has 3 heteroatoms. The van der Waals surface area contributed by atoms with Gasteiger partial charge >= 0.3 is 0 Å². The molecule has 0 aliphatic carbocycles. The Morgan fingerprint density at radius 3 is 2.67 bits per heavy atom. The monoisotopic (exact) mass is 214 g/mol. The molecule has 0 aromatic rings. The number of aliphatic hydroxyl groups is 1. The summed E-state index contributed by atoms with van der Waals surface area (Å²) in [4.78, 5) is 2.46. The van der Waals surface area contributed by atoms with Crippen LogP contribution in [-0.2, 0) is 0 Å². The summed E-state index contributed by atoms with van der Waals surface area (Å²) in [5, 5.41) is 12.6. The fourth-order valence-electron chi connectivity index (χ4n) is 2.23. The van der Waals surface area contributed by atoms with Gasteiger partial charge in [-0.3, -0.25) is 0 Å². The highest BCUT2D eigenvalue weighted by atomic mass is 16.3. The highest BCUT2D eigenvalue weighted by Gasteiger charge is 2.29. The Balaban J connectivity index is 2.27. The van der Waals surface area contributed by atoms with Gasteiger partial charge in [0, 0.05) is 19.1 Å². The molecular formula is C12H26N2O. The summed E-state index contributed by atoms with van der Waals surface area (Å²) in [6.45, 7) is 11.4. The van der Waals surface area contributed by atoms with E-state index in [-0.39, 0.29) is 12.6 Å². The Kier molecular flexibility index (Phi) is 5.03. The molecule has 90 valence electrons. The van der Waals surface area contributed by atoms with Crippen LogP contribution in [0.15, 0.2) is 0 Å². The standard InChI is InChI=1S/C12H26N2O/c1-4-6-13-11(9-15)8-14-7-5-12(2,3)10-14/h11,13,15H,4-10H2,1-3H3. The van der Waals surface area contributed by atoms with E-state index < -0.39 is 0 Å². The van der Waals surface area contributed by atoms with E-state index in [1.807, 2.05) is 0 Å². The van der Waals surface area contributed by atoms with Crippen molar-refractivity contribution in [3.8, 4) is 0 Å². The molecule has 1 fully saturated rings. The summed E-state index contributed by atoms with van der Waals surface area (Å²) in [6, 6.07) is 0.249. The van der Waals surface area contributed by atoms with Crippen molar-refractivity contribution in [2.75, 3.05) is 32.8 Å². The summed E-state index contributed by atoms with van der Waals surface area (Å²) >= 11 is 0. The van der Waals surface area contributed by atoms with E-state index in [1.54, 1.807) is 0 Å². The second-order valence-electron chi connectivity index (χ2n) is 5.48. The number of hydrogen-bond donors (Lipinski definition) is 2. The molecule has 1 heterocycles. The summed E-state index contributed by atoms with van der Waals surface area (Å²) in [6.07, 6.45) is 2.40. The van der Waals surface area contributed by atoms with Crippen molar-refractivity contribution in [1.82, 2.24) is 10.2 Å². The number of nitrogens with one attached hydrogen (secondary N) is 1. The predicted molar refractivity (Wildman–Crippen MR) is 64.0 cm³/mol. The zero-order valence-electron chi connectivity index (χ0n) is 10.4. The minimum Gasteiger partial charge on any atom is -0.395 e. The van der Waals surface area contributed by atoms with Crippen LogP contribution in [0, 0.1) is 5.41 Å². The second kappa shape index (κ2) is 5.83. The van der Waals surface area contributed by atoms with Crippen molar-refractivity contribution in [3.63, 3.8) is 0 Å². The lowest BCUT2D eigenvalue weighted by molar-refractivity contribution is 0.190. The van der Waals surface area contributed by atoms with Gasteiger partial charge in [0.05, 0.1) is 6.61 Å². The third kappa shape index (κ3) is 4.49. The number of rotatable bonds is 6. The zero-order chi connectivity index (χ0) is 11.3. The molecule has 0 aromatic heterocycles. The first-order valence-electron chi connectivity index (χ1n) is 6.14. The zero-order valence-corrected chi connectivity index (χ0v) is 10.4. The maximum absolute atomic E-state index is 9.25. The highest BCUT2D eigenvalue weighted by Crippen LogP contribution is 2.28. The van der Waals surface area contributed by atoms with Crippen molar-refractivity contribution >= 4 is 0 Å². The van der Waals surface area contributed by atoms with Crippen molar-refractivity contribution in [2.24, 2.45) is 5.41 Å². The fraction of sp³-hybridized carbons (Fsp3) is 1.00. The fourth-order valence-corrected chi connectivity index (χ4v) is 2.23. The maximum Gasteiger partial charge on any atom is 0.0597 e. The van der Waals surface area contributed by atoms with E-state index in [0.29, 0.717) is 5.41 Å². The molecule has 1 unspecified atom stereocenters. The lowest BCUT2D eigenvalue weighted by atomic mass is 9.93. The molecule has 1 atom stereocenters. The van der Waals surface area contributed by atoms with Gasteiger partial charge in [-0.2, -0.15) is 0 Å². The van der Waals surface area contributed by atoms with Gasteiger partial charge in [0.2, 0.25) is 0 Å². The maximum atomic E-state index is 9.25. The Morgan fingerprint density at radius 1 is 1.47 bits per heavy atom. The van der Waals surface area contributed by atoms with Gasteiger partial charge in [-0.1, -0.05) is 20.8 Å². The summed E-state index contributed by atoms with van der Waals surface area (Å²) in [5.41, 5.74) is 0.463. The third-order valence-corrected chi connectivity index (χ3v) is 3.14. The number of aliphatic hydroxyl groups excluding tert-OH is 1. The summed E-state index contributed by atoms with van der Waals surface area (Å²) < 4.78 is 0. The van der Waals surface area contributed by atoms with Gasteiger partial charge in [-0.25, -0.2) is 0 Å². The summed E-state index contributed by atoms with van der Waals surface area (Å²) in [7, 11) is 0. The molecule has 1 aliphatic heterocycles. The van der Waals surface area contributed by atoms with Gasteiger partial charge in [-0.05, 0) is 31.3 Å². The normalized spacial score (nSPS) is 23.2. The summed E-state index contributed by atoms with van der Waals surface area (Å²) in [5.74, 6) is 0. The molecule has 3 nitrogen and oxygen atoms in total. The molecule has 0 saturated carbocycles. The SMILES string of the molecule is CCCNC(CO)CN1CCC(C)(C)C1. The molecule has 1 saturated heterocycles. The van der Waals surface area contributed by atoms with Crippen molar-refractivity contribution in [1.29, 1.82) is 0 Å². The molecular weight excluding hydrogens is 188 g/mol. The Hall–Kier alpha value is -0.120. The topological polar surface area (TPSA) is 35.5 Å². The Morgan fingerprint density at radius 2 is 2.20 bits per heavy atom. The number of likely N-dealkylation sites (tertiary alicyclic amines) is 1. The molecule has 0 spiro atoms. The van der Waals surface area contributed by atoms with Crippen molar-refractivity contribution in [3.05, 3.63) is 0 Å². The number of nitrogens with zero attached hydrogens (tertiary/aromatic N) is 1. The Bertz CT molecular complexity index is 182. The van der Waals surface area contributed by atoms with Gasteiger partial charge in [0.25, 0.3) is 0 Å². The predicted octanol–water partition coefficient (Wildman–Crippen LogP) is 1.08. The molecule has 0 aromatic carbocycles. The minimum absolute atomic E-state index is 0.247. The van der Waals surface area contributed by atoms with Crippen LogP contribution in [0.4, 0.5) is 0 Å². The van der Waals surface area contributed by atoms with Crippen LogP contribution in [0.3, 0.4) is 0 Å². The smallest absolute Gasteiger partial charge is 0.0597 e. The number of hydrogen-bond acceptors (Lipinski definition) is 3. The Labute approximate surface area is 93.9 Å². The van der Waals surface area contributed by atoms with E-state index in [0.717, 1.165) is 26.1 Å². The lowest BCUT2D eigenvalue weighted by Gasteiger charge is -2.24. The van der Waals surface area contributed by atoms with Crippen LogP contribution in [0.5, 0.6) is 0 Å². The van der Waals surface area contributed by atoms with Crippen molar-refractivity contribution in [2.45, 2.75) is 39.7 Å². The minimum atomic E-state index is 0.247. The van der Waals surface area contributed by atoms with E-state index in [1.165, 1.54) is 13.0 Å². The molecule has 1 rings (SSSR count). The van der Waals surface area contributed by atoms with E-state index in [4.69, 9.17) is 0 Å². The van der Waals surface area contributed by atoms with E-state index in [9.17, 15) is 5.11 Å². The van der Waals surface area contributed by atoms with Crippen LogP contribution >= 0.6 is 0 Å². The van der Waals surface area contributed by atoms with Gasteiger partial charge in [0.1, 0.15) is 0 Å². The molecule has 15 heavy (non-hydrogen) atoms. The van der Waals surface area contributed by atoms with E-state index in [2.05, 4.69) is 31.0 Å². The molecule has 0 bridgehead atoms. The second-order valence-corrected chi connectivity index (χ2v) is 5.48. The largest absolute Gasteiger partial charge is 0.395 e. The quantitative estimate of drug-likeness (QED) is 0.694. The first kappa shape index (κ1) is 12.9.